The number of hydrogen-bond acceptors (Lipinski definition) is 1. The van der Waals surface area contributed by atoms with Crippen LogP contribution >= 0.6 is 0 Å². The van der Waals surface area contributed by atoms with Gasteiger partial charge in [0.15, 0.2) is 0 Å². The second-order valence-electron chi connectivity index (χ2n) is 3.29. The lowest BCUT2D eigenvalue weighted by Crippen LogP contribution is -2.31. The fraction of sp³-hybridized carbons (Fsp3) is 1.00. The van der Waals surface area contributed by atoms with Crippen LogP contribution in [0.1, 0.15) is 26.7 Å². The molecule has 0 saturated heterocycles. The van der Waals surface area contributed by atoms with Crippen molar-refractivity contribution < 1.29 is 13.2 Å². The number of halogens is 3. The third kappa shape index (κ3) is 5.41. The summed E-state index contributed by atoms with van der Waals surface area (Å²) in [5.41, 5.74) is 0. The molecule has 0 bridgehead atoms. The summed E-state index contributed by atoms with van der Waals surface area (Å²) in [6.45, 7) is 3.83. The minimum Gasteiger partial charge on any atom is -0.317 e. The standard InChI is InChI=1S/C8H16F3N/c1-6(2)7(12-3)4-5-8(9,10)11/h6-7,12H,4-5H2,1-3H3. The second kappa shape index (κ2) is 4.70. The summed E-state index contributed by atoms with van der Waals surface area (Å²) in [6.07, 6.45) is -4.56. The van der Waals surface area contributed by atoms with Crippen molar-refractivity contribution >= 4 is 0 Å². The van der Waals surface area contributed by atoms with Crippen molar-refractivity contribution in [1.82, 2.24) is 5.32 Å². The molecule has 0 radical (unpaired) electrons. The Labute approximate surface area is 71.3 Å². The maximum atomic E-state index is 11.8. The van der Waals surface area contributed by atoms with Crippen molar-refractivity contribution in [2.24, 2.45) is 5.92 Å². The van der Waals surface area contributed by atoms with Gasteiger partial charge in [-0.3, -0.25) is 0 Å². The first-order valence-corrected chi connectivity index (χ1v) is 4.11. The highest BCUT2D eigenvalue weighted by molar-refractivity contribution is 4.69. The van der Waals surface area contributed by atoms with Crippen LogP contribution < -0.4 is 5.32 Å². The van der Waals surface area contributed by atoms with Gasteiger partial charge in [-0.15, -0.1) is 0 Å². The molecule has 0 amide bonds. The number of nitrogens with one attached hydrogen (secondary N) is 1. The zero-order valence-corrected chi connectivity index (χ0v) is 7.70. The lowest BCUT2D eigenvalue weighted by molar-refractivity contribution is -0.137. The van der Waals surface area contributed by atoms with E-state index >= 15 is 0 Å². The second-order valence-corrected chi connectivity index (χ2v) is 3.29. The van der Waals surface area contributed by atoms with Gasteiger partial charge in [-0.05, 0) is 19.4 Å². The van der Waals surface area contributed by atoms with Gasteiger partial charge in [-0.2, -0.15) is 13.2 Å². The molecule has 0 saturated carbocycles. The zero-order valence-electron chi connectivity index (χ0n) is 7.70. The van der Waals surface area contributed by atoms with E-state index in [9.17, 15) is 13.2 Å². The molecule has 12 heavy (non-hydrogen) atoms. The molecule has 74 valence electrons. The smallest absolute Gasteiger partial charge is 0.317 e. The van der Waals surface area contributed by atoms with E-state index in [-0.39, 0.29) is 18.4 Å². The molecule has 0 heterocycles. The van der Waals surface area contributed by atoms with Crippen LogP contribution in [0.5, 0.6) is 0 Å². The highest BCUT2D eigenvalue weighted by Crippen LogP contribution is 2.23. The van der Waals surface area contributed by atoms with Crippen molar-refractivity contribution in [3.05, 3.63) is 0 Å². The summed E-state index contributed by atoms with van der Waals surface area (Å²) in [7, 11) is 1.70. The molecule has 0 aliphatic carbocycles. The molecule has 1 nitrogen and oxygen atoms in total. The number of hydrogen-bond donors (Lipinski definition) is 1. The molecular weight excluding hydrogens is 167 g/mol. The fourth-order valence-electron chi connectivity index (χ4n) is 1.13. The van der Waals surface area contributed by atoms with Crippen LogP contribution in [-0.2, 0) is 0 Å². The van der Waals surface area contributed by atoms with Gasteiger partial charge >= 0.3 is 6.18 Å². The van der Waals surface area contributed by atoms with Crippen LogP contribution in [0.4, 0.5) is 13.2 Å². The van der Waals surface area contributed by atoms with Gasteiger partial charge in [0.05, 0.1) is 0 Å². The molecule has 0 aliphatic rings. The van der Waals surface area contributed by atoms with Gasteiger partial charge in [0, 0.05) is 12.5 Å². The minimum absolute atomic E-state index is 0.0355. The van der Waals surface area contributed by atoms with E-state index in [1.807, 2.05) is 13.8 Å². The Bertz CT molecular complexity index is 120. The van der Waals surface area contributed by atoms with Gasteiger partial charge < -0.3 is 5.32 Å². The molecule has 0 aromatic carbocycles. The number of alkyl halides is 3. The van der Waals surface area contributed by atoms with Gasteiger partial charge in [0.25, 0.3) is 0 Å². The zero-order chi connectivity index (χ0) is 9.78. The van der Waals surface area contributed by atoms with Crippen molar-refractivity contribution in [3.63, 3.8) is 0 Å². The third-order valence-corrected chi connectivity index (χ3v) is 1.91. The Morgan fingerprint density at radius 2 is 1.75 bits per heavy atom. The molecule has 0 rings (SSSR count). The van der Waals surface area contributed by atoms with Gasteiger partial charge in [-0.25, -0.2) is 0 Å². The van der Waals surface area contributed by atoms with E-state index in [2.05, 4.69) is 5.32 Å². The van der Waals surface area contributed by atoms with E-state index in [0.717, 1.165) is 0 Å². The lowest BCUT2D eigenvalue weighted by atomic mass is 9.99. The molecule has 0 aromatic rings. The monoisotopic (exact) mass is 183 g/mol. The van der Waals surface area contributed by atoms with Crippen molar-refractivity contribution in [3.8, 4) is 0 Å². The van der Waals surface area contributed by atoms with Gasteiger partial charge in [-0.1, -0.05) is 13.8 Å². The minimum atomic E-state index is -4.02. The molecule has 1 atom stereocenters. The average Bonchev–Trinajstić information content (AvgIpc) is 1.85. The Kier molecular flexibility index (Phi) is 4.60. The summed E-state index contributed by atoms with van der Waals surface area (Å²) >= 11 is 0. The first kappa shape index (κ1) is 11.8. The highest BCUT2D eigenvalue weighted by Gasteiger charge is 2.28. The maximum absolute atomic E-state index is 11.8. The molecular formula is C8H16F3N. The molecule has 0 spiro atoms. The van der Waals surface area contributed by atoms with Crippen LogP contribution in [0, 0.1) is 5.92 Å². The first-order valence-electron chi connectivity index (χ1n) is 4.11. The summed E-state index contributed by atoms with van der Waals surface area (Å²) in [4.78, 5) is 0. The third-order valence-electron chi connectivity index (χ3n) is 1.91. The molecule has 0 aliphatic heterocycles. The Hall–Kier alpha value is -0.250. The van der Waals surface area contributed by atoms with E-state index in [4.69, 9.17) is 0 Å². The maximum Gasteiger partial charge on any atom is 0.389 e. The predicted molar refractivity (Wildman–Crippen MR) is 43.0 cm³/mol. The Morgan fingerprint density at radius 1 is 1.25 bits per heavy atom. The van der Waals surface area contributed by atoms with Crippen molar-refractivity contribution in [1.29, 1.82) is 0 Å². The lowest BCUT2D eigenvalue weighted by Gasteiger charge is -2.20. The van der Waals surface area contributed by atoms with E-state index in [0.29, 0.717) is 0 Å². The molecule has 0 fully saturated rings. The SMILES string of the molecule is CNC(CCC(F)(F)F)C(C)C. The van der Waals surface area contributed by atoms with Crippen molar-refractivity contribution in [2.45, 2.75) is 38.9 Å². The molecule has 1 unspecified atom stereocenters. The van der Waals surface area contributed by atoms with Crippen LogP contribution in [0.2, 0.25) is 0 Å². The largest absolute Gasteiger partial charge is 0.389 e. The average molecular weight is 183 g/mol. The quantitative estimate of drug-likeness (QED) is 0.706. The first-order chi connectivity index (χ1) is 5.37. The predicted octanol–water partition coefficient (Wildman–Crippen LogP) is 2.57. The topological polar surface area (TPSA) is 12.0 Å². The Morgan fingerprint density at radius 3 is 2.00 bits per heavy atom. The Balaban J connectivity index is 3.73. The molecule has 0 aromatic heterocycles. The summed E-state index contributed by atoms with van der Waals surface area (Å²) in [5, 5.41) is 2.87. The van der Waals surface area contributed by atoms with E-state index in [1.54, 1.807) is 7.05 Å². The van der Waals surface area contributed by atoms with Gasteiger partial charge in [0.1, 0.15) is 0 Å². The highest BCUT2D eigenvalue weighted by atomic mass is 19.4. The van der Waals surface area contributed by atoms with Crippen LogP contribution in [0.3, 0.4) is 0 Å². The van der Waals surface area contributed by atoms with Crippen LogP contribution in [-0.4, -0.2) is 19.3 Å². The number of rotatable bonds is 4. The summed E-state index contributed by atoms with van der Waals surface area (Å²) < 4.78 is 35.4. The van der Waals surface area contributed by atoms with Crippen LogP contribution in [0.15, 0.2) is 0 Å². The molecule has 1 N–H and O–H groups in total. The summed E-state index contributed by atoms with van der Waals surface area (Å²) in [5.74, 6) is 0.248. The fourth-order valence-corrected chi connectivity index (χ4v) is 1.13. The van der Waals surface area contributed by atoms with Gasteiger partial charge in [0.2, 0.25) is 0 Å². The molecule has 4 heteroatoms. The van der Waals surface area contributed by atoms with Crippen LogP contribution in [0.25, 0.3) is 0 Å². The summed E-state index contributed by atoms with van der Waals surface area (Å²) in [6, 6.07) is -0.0355. The normalized spacial score (nSPS) is 15.2. The van der Waals surface area contributed by atoms with Crippen molar-refractivity contribution in [2.75, 3.05) is 7.05 Å². The van der Waals surface area contributed by atoms with E-state index < -0.39 is 12.6 Å². The van der Waals surface area contributed by atoms with E-state index in [1.165, 1.54) is 0 Å².